The third-order valence-electron chi connectivity index (χ3n) is 9.50. The van der Waals surface area contributed by atoms with Gasteiger partial charge in [-0.1, -0.05) is 66.9 Å². The van der Waals surface area contributed by atoms with Gasteiger partial charge in [0.25, 0.3) is 17.6 Å². The van der Waals surface area contributed by atoms with Crippen molar-refractivity contribution in [3.63, 3.8) is 0 Å². The smallest absolute Gasteiger partial charge is 0.421 e. The van der Waals surface area contributed by atoms with Crippen molar-refractivity contribution in [1.82, 2.24) is 19.3 Å². The van der Waals surface area contributed by atoms with Crippen LogP contribution >= 0.6 is 11.6 Å². The third kappa shape index (κ3) is 24.7. The SMILES string of the molecule is C.C.C.C.C.C.C.CO[O-].COc1ccc(Cl)[n+](C)n1.COc1ccc(Nc2ccc(Nc3ccc(N=Nc4n(C)cc[n+]4C)cc3)cc2)[n+](C)n1.Cn1cc[n+](C)c1N=Nc1ccc(Nc2ccc(N)cc2)cc1.O=C[O-]. The quantitative estimate of drug-likeness (QED) is 0.0223. The molecule has 78 heavy (non-hydrogen) atoms. The van der Waals surface area contributed by atoms with Crippen molar-refractivity contribution < 1.29 is 48.0 Å². The Bertz CT molecular complexity index is 2900. The Labute approximate surface area is 467 Å². The van der Waals surface area contributed by atoms with Crippen LogP contribution in [-0.2, 0) is 52.0 Å². The largest absolute Gasteiger partial charge is 0.724 e. The number of aryl methyl sites for hydroxylation is 6. The van der Waals surface area contributed by atoms with E-state index in [1.165, 1.54) is 0 Å². The Morgan fingerprint density at radius 3 is 1.18 bits per heavy atom. The van der Waals surface area contributed by atoms with E-state index in [1.54, 1.807) is 42.8 Å². The number of benzene rings is 4. The van der Waals surface area contributed by atoms with Crippen LogP contribution in [0.4, 0.5) is 63.2 Å². The van der Waals surface area contributed by atoms with Crippen molar-refractivity contribution in [2.75, 3.05) is 43.0 Å². The molecule has 0 aliphatic rings. The van der Waals surface area contributed by atoms with Crippen molar-refractivity contribution in [3.8, 4) is 11.8 Å². The second kappa shape index (κ2) is 39.5. The Hall–Kier alpha value is -8.86. The molecule has 0 spiro atoms. The normalized spacial score (nSPS) is 9.37. The summed E-state index contributed by atoms with van der Waals surface area (Å²) in [5, 5.41) is 52.8. The summed E-state index contributed by atoms with van der Waals surface area (Å²) in [5.74, 6) is 3.56. The molecule has 0 atom stereocenters. The van der Waals surface area contributed by atoms with Gasteiger partial charge in [-0.15, -0.1) is 4.68 Å². The number of nitrogens with one attached hydrogen (secondary N) is 3. The van der Waals surface area contributed by atoms with Crippen LogP contribution in [0.25, 0.3) is 0 Å². The molecule has 0 bridgehead atoms. The number of carbonyl (C=O) groups is 1. The van der Waals surface area contributed by atoms with Crippen molar-refractivity contribution in [1.29, 1.82) is 0 Å². The summed E-state index contributed by atoms with van der Waals surface area (Å²) >= 11 is 5.68. The average molecular weight is 1100 g/mol. The van der Waals surface area contributed by atoms with Gasteiger partial charge in [-0.25, -0.2) is 23.6 Å². The maximum atomic E-state index is 8.43. The van der Waals surface area contributed by atoms with Crippen LogP contribution in [0, 0.1) is 0 Å². The lowest BCUT2D eigenvalue weighted by Gasteiger charge is -2.07. The Morgan fingerprint density at radius 2 is 0.859 bits per heavy atom. The van der Waals surface area contributed by atoms with E-state index in [0.29, 0.717) is 16.9 Å². The summed E-state index contributed by atoms with van der Waals surface area (Å²) in [5.41, 5.74) is 12.9. The molecule has 23 heteroatoms. The highest BCUT2D eigenvalue weighted by atomic mass is 35.5. The molecule has 426 valence electrons. The number of ether oxygens (including phenoxy) is 2. The van der Waals surface area contributed by atoms with Gasteiger partial charge in [0.05, 0.1) is 67.2 Å². The Balaban J connectivity index is -0.000000524. The highest BCUT2D eigenvalue weighted by Crippen LogP contribution is 2.25. The van der Waals surface area contributed by atoms with E-state index in [1.807, 2.05) is 187 Å². The minimum Gasteiger partial charge on any atom is -0.724 e. The van der Waals surface area contributed by atoms with E-state index in [-0.39, 0.29) is 52.0 Å². The van der Waals surface area contributed by atoms with Gasteiger partial charge in [-0.2, -0.15) is 0 Å². The van der Waals surface area contributed by atoms with Crippen molar-refractivity contribution in [2.45, 2.75) is 52.0 Å². The van der Waals surface area contributed by atoms with Crippen LogP contribution in [0.3, 0.4) is 0 Å². The number of carboxylic acid groups (broad SMARTS) is 1. The number of nitrogens with zero attached hydrogens (tertiary/aromatic N) is 12. The lowest BCUT2D eigenvalue weighted by atomic mass is 10.2. The molecule has 4 heterocycles. The number of rotatable bonds is 12. The fraction of sp³-hybridized carbons (Fsp3) is 0.291. The summed E-state index contributed by atoms with van der Waals surface area (Å²) in [6.07, 6.45) is 7.76. The summed E-state index contributed by atoms with van der Waals surface area (Å²) in [4.78, 5) is 11.2. The number of halogens is 1. The molecule has 8 aromatic rings. The van der Waals surface area contributed by atoms with E-state index in [0.717, 1.165) is 70.3 Å². The molecule has 0 aliphatic heterocycles. The van der Waals surface area contributed by atoms with Gasteiger partial charge in [0, 0.05) is 81.6 Å². The van der Waals surface area contributed by atoms with Crippen molar-refractivity contribution in [2.24, 2.45) is 62.7 Å². The van der Waals surface area contributed by atoms with Crippen LogP contribution in [-0.4, -0.2) is 47.1 Å². The number of hydrogen-bond donors (Lipinski definition) is 4. The molecule has 5 N–H and O–H groups in total. The number of carbonyl (C=O) groups excluding carboxylic acids is 1. The predicted octanol–water partition coefficient (Wildman–Crippen LogP) is 9.87. The first-order valence-electron chi connectivity index (χ1n) is 21.2. The topological polar surface area (TPSA) is 254 Å². The molecule has 8 rings (SSSR count). The van der Waals surface area contributed by atoms with Gasteiger partial charge in [0.1, 0.15) is 24.1 Å². The molecular weight excluding hydrogens is 1020 g/mol. The number of aromatic nitrogens is 8. The first-order valence-corrected chi connectivity index (χ1v) is 21.6. The second-order valence-corrected chi connectivity index (χ2v) is 15.1. The predicted molar refractivity (Wildman–Crippen MR) is 311 cm³/mol. The molecule has 0 radical (unpaired) electrons. The molecule has 4 aromatic carbocycles. The van der Waals surface area contributed by atoms with Crippen LogP contribution in [0.15, 0.2) is 167 Å². The summed E-state index contributed by atoms with van der Waals surface area (Å²) < 4.78 is 21.0. The molecule has 22 nitrogen and oxygen atoms in total. The molecule has 0 saturated carbocycles. The lowest BCUT2D eigenvalue weighted by molar-refractivity contribution is -0.729. The number of methoxy groups -OCH3 is 2. The maximum Gasteiger partial charge on any atom is 0.421 e. The molecule has 0 unspecified atom stereocenters. The highest BCUT2D eigenvalue weighted by molar-refractivity contribution is 6.28. The molecular formula is C55H85ClN16O6+2. The minimum absolute atomic E-state index is 0. The maximum absolute atomic E-state index is 8.43. The summed E-state index contributed by atoms with van der Waals surface area (Å²) in [6, 6.07) is 38.5. The van der Waals surface area contributed by atoms with Gasteiger partial charge in [-0.3, -0.25) is 0 Å². The molecule has 0 fully saturated rings. The van der Waals surface area contributed by atoms with E-state index in [4.69, 9.17) is 42.0 Å². The van der Waals surface area contributed by atoms with Crippen LogP contribution in [0.5, 0.6) is 11.8 Å². The van der Waals surface area contributed by atoms with E-state index >= 15 is 0 Å². The number of hydrogen-bond acceptors (Lipinski definition) is 16. The minimum atomic E-state index is -0.500. The van der Waals surface area contributed by atoms with Gasteiger partial charge in [-0.05, 0) is 114 Å². The summed E-state index contributed by atoms with van der Waals surface area (Å²) in [6.45, 7) is -0.500. The molecule has 4 aromatic heterocycles. The Kier molecular flexibility index (Phi) is 38.3. The molecule has 0 saturated heterocycles. The fourth-order valence-corrected chi connectivity index (χ4v) is 5.97. The zero-order valence-electron chi connectivity index (χ0n) is 40.7. The zero-order chi connectivity index (χ0) is 51.7. The highest BCUT2D eigenvalue weighted by Gasteiger charge is 2.13. The number of anilines is 7. The van der Waals surface area contributed by atoms with Gasteiger partial charge >= 0.3 is 17.0 Å². The van der Waals surface area contributed by atoms with Crippen molar-refractivity contribution in [3.05, 3.63) is 151 Å². The van der Waals surface area contributed by atoms with E-state index in [9.17, 15) is 0 Å². The van der Waals surface area contributed by atoms with Crippen LogP contribution in [0.2, 0.25) is 5.15 Å². The Morgan fingerprint density at radius 1 is 0.538 bits per heavy atom. The first-order chi connectivity index (χ1) is 34.2. The third-order valence-corrected chi connectivity index (χ3v) is 9.87. The van der Waals surface area contributed by atoms with Crippen molar-refractivity contribution >= 4 is 81.3 Å². The standard InChI is InChI=1S/C23H24N8O.C17H18N6.C6H8ClN2O.CH4O2.CH2O2.7CH4/c1-29-15-16-30(2)23(29)27-26-20-11-9-18(10-12-20)24-17-5-7-19(8-6-17)25-21-13-14-22(32-4)28-31(21)3;1-22-11-12-23(2)17(22)21-20-16-9-7-15(8-10-16)19-14-5-3-13(18)4-6-14;1-9-5(7)3-4-6(8-9)10-2;1-3-2;2-1-3;;;;;;;/h5-16H,1-4H3;3-12H,1-2H3,(H2,18,20);3-4H,1-2H3;2H,1H3;1H,(H,2,3);7*1H4/q;;+1;;;;;;;;;/p+1. The first kappa shape index (κ1) is 75.7. The van der Waals surface area contributed by atoms with Gasteiger partial charge < -0.3 is 45.9 Å². The monoisotopic (exact) mass is 1100 g/mol. The summed E-state index contributed by atoms with van der Waals surface area (Å²) in [7, 11) is 15.6. The van der Waals surface area contributed by atoms with Gasteiger partial charge in [0.15, 0.2) is 7.05 Å². The number of imidazole rings is 2. The second-order valence-electron chi connectivity index (χ2n) is 14.7. The molecule has 0 amide bonds. The lowest BCUT2D eigenvalue weighted by Crippen LogP contribution is -2.36. The zero-order valence-corrected chi connectivity index (χ0v) is 41.5. The average Bonchev–Trinajstić information content (AvgIpc) is 3.87. The number of nitrogens with two attached hydrogens (primary N) is 1. The molecule has 0 aliphatic carbocycles. The van der Waals surface area contributed by atoms with E-state index in [2.05, 4.69) is 51.5 Å². The number of azo groups is 2. The van der Waals surface area contributed by atoms with Gasteiger partial charge in [0.2, 0.25) is 0 Å². The number of nitrogen functional groups attached to an aromatic ring is 1. The van der Waals surface area contributed by atoms with E-state index < -0.39 is 6.47 Å². The fourth-order valence-electron chi connectivity index (χ4n) is 5.87. The van der Waals surface area contributed by atoms with Crippen LogP contribution < -0.4 is 60.0 Å². The van der Waals surface area contributed by atoms with Crippen LogP contribution in [0.1, 0.15) is 52.0 Å².